The van der Waals surface area contributed by atoms with Gasteiger partial charge in [-0.1, -0.05) is 145 Å². The third-order valence-electron chi connectivity index (χ3n) is 11.4. The minimum atomic E-state index is -0.0378. The Morgan fingerprint density at radius 2 is 1.32 bits per heavy atom. The van der Waals surface area contributed by atoms with E-state index in [1.54, 1.807) is 0 Å². The van der Waals surface area contributed by atoms with Gasteiger partial charge in [-0.2, -0.15) is 0 Å². The Balaban J connectivity index is 1.32. The first-order valence-corrected chi connectivity index (χ1v) is 19.6. The second kappa shape index (κ2) is 11.3. The molecule has 2 aliphatic rings. The van der Waals surface area contributed by atoms with Crippen molar-refractivity contribution < 1.29 is 4.42 Å². The lowest BCUT2D eigenvalue weighted by Crippen LogP contribution is -2.58. The molecule has 2 aromatic heterocycles. The number of benzene rings is 6. The zero-order valence-corrected chi connectivity index (χ0v) is 32.3. The molecule has 0 saturated carbocycles. The number of hydrogen-bond acceptors (Lipinski definition) is 3. The fraction of sp³-hybridized carbons (Fsp3) is 0.184. The minimum Gasteiger partial charge on any atom is -0.469 e. The van der Waals surface area contributed by atoms with Crippen LogP contribution in [0.2, 0.25) is 0 Å². The standard InChI is InChI=1S/C49H42BNOS/c1-29-26-37-32-20-15-21-35-42(32)46(52-45(35)33-18-11-13-22-38(33)49(5,6)7)50-43(37)40(27-29)51(44-34-19-12-14-23-41(34)53-47(44)50)39-25-24-31(48(2,3)4)28-36(39)30-16-9-8-10-17-30/h8-28H,1-7H3. The van der Waals surface area contributed by atoms with E-state index in [1.807, 2.05) is 11.3 Å². The van der Waals surface area contributed by atoms with Gasteiger partial charge in [-0.25, -0.2) is 0 Å². The van der Waals surface area contributed by atoms with E-state index >= 15 is 0 Å². The van der Waals surface area contributed by atoms with Crippen molar-refractivity contribution >= 4 is 71.9 Å². The van der Waals surface area contributed by atoms with E-state index in [0.29, 0.717) is 0 Å². The van der Waals surface area contributed by atoms with Crippen LogP contribution in [0.25, 0.3) is 54.4 Å². The van der Waals surface area contributed by atoms with Gasteiger partial charge in [0.25, 0.3) is 0 Å². The predicted octanol–water partition coefficient (Wildman–Crippen LogP) is 12.2. The zero-order valence-electron chi connectivity index (χ0n) is 31.5. The Bertz CT molecular complexity index is 2770. The molecule has 0 spiro atoms. The summed E-state index contributed by atoms with van der Waals surface area (Å²) in [5, 5.41) is 3.72. The van der Waals surface area contributed by atoms with E-state index in [1.165, 1.54) is 92.7 Å². The maximum atomic E-state index is 7.38. The molecule has 4 heteroatoms. The van der Waals surface area contributed by atoms with Crippen LogP contribution in [0.1, 0.15) is 58.2 Å². The first kappa shape index (κ1) is 32.3. The molecular weight excluding hydrogens is 661 g/mol. The van der Waals surface area contributed by atoms with Crippen LogP contribution in [0.15, 0.2) is 132 Å². The normalized spacial score (nSPS) is 13.5. The quantitative estimate of drug-likeness (QED) is 0.170. The van der Waals surface area contributed by atoms with Crippen molar-refractivity contribution in [1.29, 1.82) is 0 Å². The summed E-state index contributed by atoms with van der Waals surface area (Å²) in [5.41, 5.74) is 16.1. The average molecular weight is 704 g/mol. The number of anilines is 3. The lowest BCUT2D eigenvalue weighted by atomic mass is 9.37. The third-order valence-corrected chi connectivity index (χ3v) is 12.6. The molecule has 0 atom stereocenters. The Labute approximate surface area is 316 Å². The Hall–Kier alpha value is -5.32. The molecule has 258 valence electrons. The van der Waals surface area contributed by atoms with E-state index in [4.69, 9.17) is 4.42 Å². The van der Waals surface area contributed by atoms with Crippen LogP contribution in [0.5, 0.6) is 0 Å². The lowest BCUT2D eigenvalue weighted by Gasteiger charge is -2.39. The second-order valence-corrected chi connectivity index (χ2v) is 18.1. The molecule has 0 bridgehead atoms. The van der Waals surface area contributed by atoms with Crippen molar-refractivity contribution in [1.82, 2.24) is 0 Å². The smallest absolute Gasteiger partial charge is 0.305 e. The molecule has 0 unspecified atom stereocenters. The molecule has 0 radical (unpaired) electrons. The molecule has 0 fully saturated rings. The highest BCUT2D eigenvalue weighted by atomic mass is 32.1. The molecule has 6 aromatic carbocycles. The maximum absolute atomic E-state index is 7.38. The van der Waals surface area contributed by atoms with Gasteiger partial charge in [0, 0.05) is 42.4 Å². The third kappa shape index (κ3) is 4.78. The van der Waals surface area contributed by atoms with Crippen LogP contribution in [-0.4, -0.2) is 6.71 Å². The van der Waals surface area contributed by atoms with Crippen LogP contribution in [0, 0.1) is 6.92 Å². The topological polar surface area (TPSA) is 16.4 Å². The Morgan fingerprint density at radius 3 is 2.11 bits per heavy atom. The number of hydrogen-bond donors (Lipinski definition) is 0. The van der Waals surface area contributed by atoms with Crippen LogP contribution in [-0.2, 0) is 10.8 Å². The summed E-state index contributed by atoms with van der Waals surface area (Å²) in [5.74, 6) is 0.975. The molecule has 53 heavy (non-hydrogen) atoms. The van der Waals surface area contributed by atoms with Crippen LogP contribution >= 0.6 is 11.3 Å². The number of furan rings is 1. The number of rotatable bonds is 3. The highest BCUT2D eigenvalue weighted by Gasteiger charge is 2.46. The van der Waals surface area contributed by atoms with Gasteiger partial charge in [-0.3, -0.25) is 0 Å². The minimum absolute atomic E-state index is 0.00940. The summed E-state index contributed by atoms with van der Waals surface area (Å²) >= 11 is 1.92. The molecule has 0 N–H and O–H groups in total. The van der Waals surface area contributed by atoms with Gasteiger partial charge >= 0.3 is 6.71 Å². The Morgan fingerprint density at radius 1 is 0.604 bits per heavy atom. The molecule has 10 rings (SSSR count). The molecular formula is C49H42BNOS. The molecule has 8 aromatic rings. The van der Waals surface area contributed by atoms with E-state index in [2.05, 4.69) is 181 Å². The van der Waals surface area contributed by atoms with Gasteiger partial charge < -0.3 is 9.32 Å². The first-order valence-electron chi connectivity index (χ1n) is 18.8. The number of aryl methyl sites for hydroxylation is 1. The lowest BCUT2D eigenvalue weighted by molar-refractivity contribution is 0.581. The first-order chi connectivity index (χ1) is 25.5. The second-order valence-electron chi connectivity index (χ2n) is 17.0. The van der Waals surface area contributed by atoms with Crippen LogP contribution < -0.4 is 20.8 Å². The summed E-state index contributed by atoms with van der Waals surface area (Å²) in [6.45, 7) is 16.0. The fourth-order valence-corrected chi connectivity index (χ4v) is 10.2. The predicted molar refractivity (Wildman–Crippen MR) is 229 cm³/mol. The zero-order chi connectivity index (χ0) is 36.4. The van der Waals surface area contributed by atoms with Gasteiger partial charge in [0.15, 0.2) is 0 Å². The van der Waals surface area contributed by atoms with E-state index in [9.17, 15) is 0 Å². The molecule has 2 nitrogen and oxygen atoms in total. The largest absolute Gasteiger partial charge is 0.469 e. The summed E-state index contributed by atoms with van der Waals surface area (Å²) in [4.78, 5) is 2.59. The Kier molecular flexibility index (Phi) is 6.92. The SMILES string of the molecule is Cc1cc2c3c(c1)N(c1ccc(C(C)(C)C)cc1-c1ccccc1)c1c(sc4ccccc14)B3c1oc(-c3ccccc3C(C)(C)C)c3cccc-2c13. The van der Waals surface area contributed by atoms with Crippen molar-refractivity contribution in [3.05, 3.63) is 144 Å². The van der Waals surface area contributed by atoms with Gasteiger partial charge in [0.05, 0.1) is 17.0 Å². The molecule has 2 aliphatic heterocycles. The molecule has 0 aliphatic carbocycles. The van der Waals surface area contributed by atoms with Crippen molar-refractivity contribution in [2.24, 2.45) is 0 Å². The summed E-state index contributed by atoms with van der Waals surface area (Å²) in [6, 6.07) is 47.5. The van der Waals surface area contributed by atoms with Crippen molar-refractivity contribution in [2.75, 3.05) is 4.90 Å². The number of nitrogens with zero attached hydrogens (tertiary/aromatic N) is 1. The monoisotopic (exact) mass is 703 g/mol. The maximum Gasteiger partial charge on any atom is 0.305 e. The van der Waals surface area contributed by atoms with Crippen molar-refractivity contribution in [2.45, 2.75) is 59.3 Å². The fourth-order valence-electron chi connectivity index (χ4n) is 8.95. The average Bonchev–Trinajstić information content (AvgIpc) is 3.72. The van der Waals surface area contributed by atoms with E-state index in [0.717, 1.165) is 11.4 Å². The number of fused-ring (bicyclic) bond motifs is 6. The van der Waals surface area contributed by atoms with Gasteiger partial charge in [-0.15, -0.1) is 11.3 Å². The van der Waals surface area contributed by atoms with Crippen molar-refractivity contribution in [3.63, 3.8) is 0 Å². The van der Waals surface area contributed by atoms with Gasteiger partial charge in [0.1, 0.15) is 5.76 Å². The van der Waals surface area contributed by atoms with E-state index in [-0.39, 0.29) is 17.5 Å². The highest BCUT2D eigenvalue weighted by Crippen LogP contribution is 2.50. The van der Waals surface area contributed by atoms with Gasteiger partial charge in [-0.05, 0) is 80.9 Å². The summed E-state index contributed by atoms with van der Waals surface area (Å²) < 4.78 is 10.0. The summed E-state index contributed by atoms with van der Waals surface area (Å²) in [7, 11) is 0. The number of thiophene rings is 1. The summed E-state index contributed by atoms with van der Waals surface area (Å²) in [6.07, 6.45) is 0. The van der Waals surface area contributed by atoms with Crippen LogP contribution in [0.4, 0.5) is 17.1 Å². The van der Waals surface area contributed by atoms with Crippen LogP contribution in [0.3, 0.4) is 0 Å². The van der Waals surface area contributed by atoms with Gasteiger partial charge in [0.2, 0.25) is 0 Å². The van der Waals surface area contributed by atoms with Crippen molar-refractivity contribution in [3.8, 4) is 33.6 Å². The molecule has 0 saturated heterocycles. The highest BCUT2D eigenvalue weighted by molar-refractivity contribution is 7.33. The van der Waals surface area contributed by atoms with E-state index < -0.39 is 0 Å². The molecule has 4 heterocycles. The molecule has 0 amide bonds.